The molecule has 1 heterocycles. The highest BCUT2D eigenvalue weighted by molar-refractivity contribution is 6.53. The van der Waals surface area contributed by atoms with E-state index in [1.54, 1.807) is 4.90 Å². The maximum Gasteiger partial charge on any atom is 0.258 e. The fraction of sp³-hybridized carbons (Fsp3) is 0.917. The number of ether oxygens (including phenoxy) is 1. The third-order valence-electron chi connectivity index (χ3n) is 3.86. The van der Waals surface area contributed by atoms with Crippen molar-refractivity contribution in [3.63, 3.8) is 0 Å². The standard InChI is InChI=1S/C12H19Cl2NO2/c1-8-3-5-12(6-4-8)15(7-9(2)17-12)11(16)10(13)14/h8-10H,3-7H2,1-2H3. The van der Waals surface area contributed by atoms with Gasteiger partial charge in [-0.1, -0.05) is 30.1 Å². The third kappa shape index (κ3) is 2.56. The predicted molar refractivity (Wildman–Crippen MR) is 68.1 cm³/mol. The number of hydrogen-bond acceptors (Lipinski definition) is 2. The van der Waals surface area contributed by atoms with Gasteiger partial charge in [-0.15, -0.1) is 0 Å². The summed E-state index contributed by atoms with van der Waals surface area (Å²) in [5, 5.41) is 0. The second-order valence-electron chi connectivity index (χ2n) is 5.31. The van der Waals surface area contributed by atoms with Gasteiger partial charge in [0.25, 0.3) is 5.91 Å². The van der Waals surface area contributed by atoms with E-state index in [-0.39, 0.29) is 12.0 Å². The normalized spacial score (nSPS) is 38.1. The molecule has 3 nitrogen and oxygen atoms in total. The first-order valence-corrected chi connectivity index (χ1v) is 7.09. The molecule has 1 unspecified atom stereocenters. The van der Waals surface area contributed by atoms with E-state index < -0.39 is 10.6 Å². The summed E-state index contributed by atoms with van der Waals surface area (Å²) in [6.45, 7) is 4.83. The summed E-state index contributed by atoms with van der Waals surface area (Å²) in [6, 6.07) is 0. The fourth-order valence-electron chi connectivity index (χ4n) is 2.91. The first-order valence-electron chi connectivity index (χ1n) is 6.22. The van der Waals surface area contributed by atoms with Gasteiger partial charge in [0.05, 0.1) is 6.10 Å². The van der Waals surface area contributed by atoms with Crippen molar-refractivity contribution in [2.24, 2.45) is 5.92 Å². The summed E-state index contributed by atoms with van der Waals surface area (Å²) < 4.78 is 6.01. The molecular formula is C12H19Cl2NO2. The van der Waals surface area contributed by atoms with Crippen molar-refractivity contribution >= 4 is 29.1 Å². The molecule has 1 aliphatic heterocycles. The van der Waals surface area contributed by atoms with E-state index >= 15 is 0 Å². The summed E-state index contributed by atoms with van der Waals surface area (Å²) in [5.41, 5.74) is -0.439. The van der Waals surface area contributed by atoms with Gasteiger partial charge in [0.15, 0.2) is 4.84 Å². The Morgan fingerprint density at radius 3 is 2.47 bits per heavy atom. The molecule has 1 spiro atoms. The Kier molecular flexibility index (Phi) is 3.91. The van der Waals surface area contributed by atoms with Crippen LogP contribution in [0.4, 0.5) is 0 Å². The van der Waals surface area contributed by atoms with Crippen LogP contribution >= 0.6 is 23.2 Å². The third-order valence-corrected chi connectivity index (χ3v) is 4.23. The Labute approximate surface area is 112 Å². The highest BCUT2D eigenvalue weighted by Crippen LogP contribution is 2.42. The van der Waals surface area contributed by atoms with Crippen molar-refractivity contribution < 1.29 is 9.53 Å². The molecule has 0 aromatic carbocycles. The number of carbonyl (C=O) groups excluding carboxylic acids is 1. The maximum absolute atomic E-state index is 12.0. The molecule has 98 valence electrons. The van der Waals surface area contributed by atoms with E-state index in [2.05, 4.69) is 6.92 Å². The van der Waals surface area contributed by atoms with E-state index in [9.17, 15) is 4.79 Å². The summed E-state index contributed by atoms with van der Waals surface area (Å²) in [4.78, 5) is 12.8. The highest BCUT2D eigenvalue weighted by atomic mass is 35.5. The molecule has 1 saturated carbocycles. The molecule has 2 fully saturated rings. The van der Waals surface area contributed by atoms with Crippen molar-refractivity contribution in [3.8, 4) is 0 Å². The van der Waals surface area contributed by atoms with Crippen LogP contribution in [0.15, 0.2) is 0 Å². The molecule has 5 heteroatoms. The molecule has 17 heavy (non-hydrogen) atoms. The molecule has 0 N–H and O–H groups in total. The van der Waals surface area contributed by atoms with Gasteiger partial charge in [0.1, 0.15) is 5.72 Å². The van der Waals surface area contributed by atoms with Gasteiger partial charge in [0.2, 0.25) is 0 Å². The number of halogens is 2. The summed E-state index contributed by atoms with van der Waals surface area (Å²) in [5.74, 6) is 0.493. The second kappa shape index (κ2) is 4.94. The number of amides is 1. The molecular weight excluding hydrogens is 261 g/mol. The minimum atomic E-state index is -0.986. The smallest absolute Gasteiger partial charge is 0.258 e. The summed E-state index contributed by atoms with van der Waals surface area (Å²) in [7, 11) is 0. The maximum atomic E-state index is 12.0. The first-order chi connectivity index (χ1) is 7.94. The molecule has 0 bridgehead atoms. The zero-order valence-corrected chi connectivity index (χ0v) is 11.8. The molecule has 1 atom stereocenters. The average Bonchev–Trinajstić information content (AvgIpc) is 2.59. The van der Waals surface area contributed by atoms with Crippen LogP contribution in [0.1, 0.15) is 39.5 Å². The minimum absolute atomic E-state index is 0.0689. The number of rotatable bonds is 1. The zero-order chi connectivity index (χ0) is 12.6. The van der Waals surface area contributed by atoms with Crippen LogP contribution in [0.25, 0.3) is 0 Å². The van der Waals surface area contributed by atoms with Crippen LogP contribution in [-0.4, -0.2) is 34.0 Å². The van der Waals surface area contributed by atoms with Crippen LogP contribution < -0.4 is 0 Å². The number of hydrogen-bond donors (Lipinski definition) is 0. The number of nitrogens with zero attached hydrogens (tertiary/aromatic N) is 1. The van der Waals surface area contributed by atoms with Crippen LogP contribution in [0.2, 0.25) is 0 Å². The topological polar surface area (TPSA) is 29.5 Å². The quantitative estimate of drug-likeness (QED) is 0.691. The predicted octanol–water partition coefficient (Wildman–Crippen LogP) is 2.94. The van der Waals surface area contributed by atoms with Gasteiger partial charge in [-0.3, -0.25) is 4.79 Å². The Morgan fingerprint density at radius 1 is 1.35 bits per heavy atom. The second-order valence-corrected chi connectivity index (χ2v) is 6.40. The summed E-state index contributed by atoms with van der Waals surface area (Å²) >= 11 is 11.4. The van der Waals surface area contributed by atoms with Gasteiger partial charge in [-0.05, 0) is 38.5 Å². The molecule has 2 aliphatic rings. The molecule has 1 aliphatic carbocycles. The molecule has 2 rings (SSSR count). The largest absolute Gasteiger partial charge is 0.351 e. The van der Waals surface area contributed by atoms with Gasteiger partial charge in [-0.25, -0.2) is 0 Å². The van der Waals surface area contributed by atoms with Gasteiger partial charge >= 0.3 is 0 Å². The number of alkyl halides is 2. The number of carbonyl (C=O) groups is 1. The summed E-state index contributed by atoms with van der Waals surface area (Å²) in [6.07, 6.45) is 4.03. The van der Waals surface area contributed by atoms with Crippen LogP contribution in [-0.2, 0) is 9.53 Å². The SMILES string of the molecule is CC1CCC2(CC1)OC(C)CN2C(=O)C(Cl)Cl. The van der Waals surface area contributed by atoms with Crippen molar-refractivity contribution in [3.05, 3.63) is 0 Å². The van der Waals surface area contributed by atoms with Gasteiger partial charge in [-0.2, -0.15) is 0 Å². The monoisotopic (exact) mass is 279 g/mol. The zero-order valence-electron chi connectivity index (χ0n) is 10.3. The first kappa shape index (κ1) is 13.4. The lowest BCUT2D eigenvalue weighted by Gasteiger charge is -2.41. The Hall–Kier alpha value is 0.01000. The lowest BCUT2D eigenvalue weighted by molar-refractivity contribution is -0.159. The van der Waals surface area contributed by atoms with E-state index in [1.807, 2.05) is 6.92 Å². The van der Waals surface area contributed by atoms with Crippen molar-refractivity contribution in [2.75, 3.05) is 6.54 Å². The van der Waals surface area contributed by atoms with Gasteiger partial charge in [0, 0.05) is 6.54 Å². The molecule has 0 radical (unpaired) electrons. The molecule has 1 amide bonds. The van der Waals surface area contributed by atoms with Crippen LogP contribution in [0.5, 0.6) is 0 Å². The fourth-order valence-corrected chi connectivity index (χ4v) is 3.14. The Morgan fingerprint density at radius 2 is 1.94 bits per heavy atom. The van der Waals surface area contributed by atoms with Crippen molar-refractivity contribution in [1.82, 2.24) is 4.90 Å². The van der Waals surface area contributed by atoms with Crippen LogP contribution in [0, 0.1) is 5.92 Å². The average molecular weight is 280 g/mol. The van der Waals surface area contributed by atoms with Gasteiger partial charge < -0.3 is 9.64 Å². The van der Waals surface area contributed by atoms with E-state index in [1.165, 1.54) is 0 Å². The van der Waals surface area contributed by atoms with E-state index in [0.717, 1.165) is 25.7 Å². The minimum Gasteiger partial charge on any atom is -0.351 e. The van der Waals surface area contributed by atoms with E-state index in [4.69, 9.17) is 27.9 Å². The lowest BCUT2D eigenvalue weighted by atomic mass is 9.84. The Balaban J connectivity index is 2.16. The highest BCUT2D eigenvalue weighted by Gasteiger charge is 2.49. The van der Waals surface area contributed by atoms with Crippen molar-refractivity contribution in [2.45, 2.75) is 56.2 Å². The van der Waals surface area contributed by atoms with Crippen molar-refractivity contribution in [1.29, 1.82) is 0 Å². The molecule has 1 saturated heterocycles. The molecule has 0 aromatic heterocycles. The van der Waals surface area contributed by atoms with Crippen LogP contribution in [0.3, 0.4) is 0 Å². The lowest BCUT2D eigenvalue weighted by Crippen LogP contribution is -2.51. The molecule has 0 aromatic rings. The Bertz CT molecular complexity index is 301. The van der Waals surface area contributed by atoms with E-state index in [0.29, 0.717) is 12.5 Å².